The van der Waals surface area contributed by atoms with Crippen LogP contribution in [0.5, 0.6) is 5.75 Å². The lowest BCUT2D eigenvalue weighted by Crippen LogP contribution is -2.49. The van der Waals surface area contributed by atoms with Crippen LogP contribution in [0.15, 0.2) is 116 Å². The van der Waals surface area contributed by atoms with Gasteiger partial charge in [0, 0.05) is 35.1 Å². The molecule has 0 aliphatic carbocycles. The number of para-hydroxylation sites is 1. The summed E-state index contributed by atoms with van der Waals surface area (Å²) in [7, 11) is 0. The number of nitrogens with one attached hydrogen (secondary N) is 1. The van der Waals surface area contributed by atoms with Crippen LogP contribution in [-0.4, -0.2) is 39.9 Å². The topological polar surface area (TPSA) is 119 Å². The molecule has 0 bridgehead atoms. The summed E-state index contributed by atoms with van der Waals surface area (Å²) >= 11 is 0. The lowest BCUT2D eigenvalue weighted by Gasteiger charge is -2.38. The van der Waals surface area contributed by atoms with E-state index in [0.29, 0.717) is 22.6 Å². The molecule has 9 nitrogen and oxygen atoms in total. The van der Waals surface area contributed by atoms with Crippen molar-refractivity contribution in [1.29, 1.82) is 0 Å². The summed E-state index contributed by atoms with van der Waals surface area (Å²) < 4.78 is 5.62. The molecular formula is C36H27N3O6. The molecule has 1 saturated heterocycles. The Balaban J connectivity index is 1.48. The van der Waals surface area contributed by atoms with Gasteiger partial charge >= 0.3 is 0 Å². The van der Waals surface area contributed by atoms with Gasteiger partial charge in [0.15, 0.2) is 11.6 Å². The smallest absolute Gasteiger partial charge is 0.270 e. The molecule has 4 aromatic carbocycles. The molecule has 0 radical (unpaired) electrons. The predicted octanol–water partition coefficient (Wildman–Crippen LogP) is 6.14. The maximum absolute atomic E-state index is 14.9. The normalized spacial score (nSPS) is 22.3. The Bertz CT molecular complexity index is 1930. The summed E-state index contributed by atoms with van der Waals surface area (Å²) in [5.41, 5.74) is 1.49. The lowest BCUT2D eigenvalue weighted by molar-refractivity contribution is -0.384. The van der Waals surface area contributed by atoms with Gasteiger partial charge in [-0.2, -0.15) is 0 Å². The third-order valence-electron chi connectivity index (χ3n) is 8.97. The molecule has 3 aliphatic heterocycles. The molecule has 1 N–H and O–H groups in total. The molecule has 45 heavy (non-hydrogen) atoms. The number of amides is 1. The Kier molecular flexibility index (Phi) is 6.66. The SMILES string of the molecule is C=CCOc1ccc(C(=O)[C@H]2[C@@H](C(=O)c3cccc([N+](=O)[O-])c3)N3C=Cc4ccccc4[C@@H]3[C@]23C(=O)Nc2ccccc23)cc1. The van der Waals surface area contributed by atoms with Gasteiger partial charge in [0.05, 0.1) is 16.9 Å². The third kappa shape index (κ3) is 4.19. The van der Waals surface area contributed by atoms with Gasteiger partial charge in [0.1, 0.15) is 23.8 Å². The minimum Gasteiger partial charge on any atom is -0.490 e. The second-order valence-electron chi connectivity index (χ2n) is 11.2. The van der Waals surface area contributed by atoms with Crippen LogP contribution in [0.3, 0.4) is 0 Å². The van der Waals surface area contributed by atoms with Crippen molar-refractivity contribution in [3.05, 3.63) is 154 Å². The molecule has 1 fully saturated rings. The van der Waals surface area contributed by atoms with Gasteiger partial charge in [-0.05, 0) is 53.1 Å². The molecule has 4 atom stereocenters. The molecule has 0 aromatic heterocycles. The summed E-state index contributed by atoms with van der Waals surface area (Å²) in [6, 6.07) is 25.1. The second-order valence-corrected chi connectivity index (χ2v) is 11.2. The molecule has 7 rings (SSSR count). The largest absolute Gasteiger partial charge is 0.490 e. The van der Waals surface area contributed by atoms with E-state index in [-0.39, 0.29) is 23.8 Å². The summed E-state index contributed by atoms with van der Waals surface area (Å²) in [5.74, 6) is -1.95. The summed E-state index contributed by atoms with van der Waals surface area (Å²) in [6.07, 6.45) is 5.25. The number of anilines is 1. The maximum atomic E-state index is 14.9. The van der Waals surface area contributed by atoms with E-state index < -0.39 is 39.9 Å². The number of fused-ring (bicyclic) bond motifs is 6. The van der Waals surface area contributed by atoms with Gasteiger partial charge in [-0.3, -0.25) is 24.5 Å². The Morgan fingerprint density at radius 1 is 0.956 bits per heavy atom. The van der Waals surface area contributed by atoms with Crippen molar-refractivity contribution >= 4 is 34.9 Å². The van der Waals surface area contributed by atoms with Crippen molar-refractivity contribution in [3.8, 4) is 5.75 Å². The monoisotopic (exact) mass is 597 g/mol. The van der Waals surface area contributed by atoms with Crippen molar-refractivity contribution in [1.82, 2.24) is 4.90 Å². The van der Waals surface area contributed by atoms with Gasteiger partial charge in [-0.15, -0.1) is 0 Å². The Hall–Kier alpha value is -5.83. The molecule has 0 unspecified atom stereocenters. The van der Waals surface area contributed by atoms with E-state index in [1.54, 1.807) is 47.5 Å². The van der Waals surface area contributed by atoms with Crippen LogP contribution in [0.25, 0.3) is 6.08 Å². The number of Topliss-reactive ketones (excluding diaryl/α,β-unsaturated/α-hetero) is 2. The number of hydrogen-bond acceptors (Lipinski definition) is 7. The van der Waals surface area contributed by atoms with Crippen molar-refractivity contribution < 1.29 is 24.0 Å². The highest BCUT2D eigenvalue weighted by Crippen LogP contribution is 2.62. The van der Waals surface area contributed by atoms with E-state index in [0.717, 1.165) is 11.1 Å². The fourth-order valence-electron chi connectivity index (χ4n) is 7.16. The summed E-state index contributed by atoms with van der Waals surface area (Å²) in [4.78, 5) is 57.0. The summed E-state index contributed by atoms with van der Waals surface area (Å²) in [6.45, 7) is 3.95. The molecule has 0 saturated carbocycles. The lowest BCUT2D eigenvalue weighted by atomic mass is 9.62. The minimum atomic E-state index is -1.51. The number of nitro groups is 1. The molecule has 3 heterocycles. The van der Waals surface area contributed by atoms with E-state index in [2.05, 4.69) is 11.9 Å². The molecule has 222 valence electrons. The number of nitro benzene ring substituents is 1. The molecule has 3 aliphatic rings. The highest BCUT2D eigenvalue weighted by molar-refractivity contribution is 6.16. The van der Waals surface area contributed by atoms with E-state index in [1.807, 2.05) is 48.5 Å². The standard InChI is InChI=1S/C36H27N3O6/c1-2-20-45-26-16-14-23(15-17-26)32(40)30-31(33(41)24-9-7-10-25(21-24)39(43)44)38-19-18-22-8-3-4-11-27(22)34(38)36(30)28-12-5-6-13-29(28)37-35(36)42/h2-19,21,30-31,34H,1,20H2,(H,37,42)/t30-,31+,34-,36-/m1/s1. The van der Waals surface area contributed by atoms with Crippen LogP contribution in [-0.2, 0) is 10.2 Å². The number of ketones is 2. The molecule has 4 aromatic rings. The average Bonchev–Trinajstić information content (AvgIpc) is 3.55. The van der Waals surface area contributed by atoms with Gasteiger partial charge in [-0.1, -0.05) is 67.3 Å². The highest BCUT2D eigenvalue weighted by Gasteiger charge is 2.70. The van der Waals surface area contributed by atoms with Gasteiger partial charge in [0.25, 0.3) is 5.69 Å². The van der Waals surface area contributed by atoms with Gasteiger partial charge in [0.2, 0.25) is 5.91 Å². The average molecular weight is 598 g/mol. The van der Waals surface area contributed by atoms with Crippen LogP contribution in [0.1, 0.15) is 43.4 Å². The molecular weight excluding hydrogens is 570 g/mol. The number of carbonyl (C=O) groups excluding carboxylic acids is 3. The molecule has 1 amide bonds. The predicted molar refractivity (Wildman–Crippen MR) is 168 cm³/mol. The van der Waals surface area contributed by atoms with Crippen LogP contribution in [0, 0.1) is 16.0 Å². The summed E-state index contributed by atoms with van der Waals surface area (Å²) in [5, 5.41) is 14.7. The Labute approximate surface area is 258 Å². The first kappa shape index (κ1) is 28.0. The maximum Gasteiger partial charge on any atom is 0.270 e. The van der Waals surface area contributed by atoms with E-state index >= 15 is 0 Å². The zero-order chi connectivity index (χ0) is 31.3. The number of non-ortho nitro benzene ring substituents is 1. The molecule has 1 spiro atoms. The highest BCUT2D eigenvalue weighted by atomic mass is 16.6. The number of ether oxygens (including phenoxy) is 1. The van der Waals surface area contributed by atoms with Crippen molar-refractivity contribution in [2.45, 2.75) is 17.5 Å². The number of hydrogen-bond donors (Lipinski definition) is 1. The number of carbonyl (C=O) groups is 3. The molecule has 9 heteroatoms. The van der Waals surface area contributed by atoms with Gasteiger partial charge < -0.3 is 15.0 Å². The number of benzene rings is 4. The van der Waals surface area contributed by atoms with Gasteiger partial charge in [-0.25, -0.2) is 0 Å². The fourth-order valence-corrected chi connectivity index (χ4v) is 7.16. The third-order valence-corrected chi connectivity index (χ3v) is 8.97. The fraction of sp³-hybridized carbons (Fsp3) is 0.139. The van der Waals surface area contributed by atoms with Crippen LogP contribution in [0.2, 0.25) is 0 Å². The Morgan fingerprint density at radius 3 is 2.49 bits per heavy atom. The zero-order valence-corrected chi connectivity index (χ0v) is 24.0. The van der Waals surface area contributed by atoms with Crippen LogP contribution >= 0.6 is 0 Å². The quantitative estimate of drug-likeness (QED) is 0.112. The first-order valence-corrected chi connectivity index (χ1v) is 14.5. The van der Waals surface area contributed by atoms with E-state index in [4.69, 9.17) is 4.74 Å². The zero-order valence-electron chi connectivity index (χ0n) is 24.0. The number of nitrogens with zero attached hydrogens (tertiary/aromatic N) is 2. The van der Waals surface area contributed by atoms with Crippen molar-refractivity contribution in [2.75, 3.05) is 11.9 Å². The van der Waals surface area contributed by atoms with E-state index in [1.165, 1.54) is 24.3 Å². The Morgan fingerprint density at radius 2 is 1.71 bits per heavy atom. The minimum absolute atomic E-state index is 0.0786. The van der Waals surface area contributed by atoms with Crippen molar-refractivity contribution in [2.24, 2.45) is 5.92 Å². The first-order valence-electron chi connectivity index (χ1n) is 14.5. The van der Waals surface area contributed by atoms with E-state index in [9.17, 15) is 24.5 Å². The number of rotatable bonds is 8. The first-order chi connectivity index (χ1) is 21.9. The second kappa shape index (κ2) is 10.7. The van der Waals surface area contributed by atoms with Crippen LogP contribution < -0.4 is 10.1 Å². The van der Waals surface area contributed by atoms with Crippen LogP contribution in [0.4, 0.5) is 11.4 Å². The van der Waals surface area contributed by atoms with Crippen molar-refractivity contribution in [3.63, 3.8) is 0 Å².